The van der Waals surface area contributed by atoms with Gasteiger partial charge in [0.1, 0.15) is 6.61 Å². The van der Waals surface area contributed by atoms with E-state index in [9.17, 15) is 13.6 Å². The van der Waals surface area contributed by atoms with Gasteiger partial charge in [0, 0.05) is 18.2 Å². The van der Waals surface area contributed by atoms with Crippen LogP contribution in [-0.2, 0) is 11.4 Å². The summed E-state index contributed by atoms with van der Waals surface area (Å²) in [5.74, 6) is -2.56. The molecule has 1 aromatic carbocycles. The predicted octanol–water partition coefficient (Wildman–Crippen LogP) is 4.64. The summed E-state index contributed by atoms with van der Waals surface area (Å²) in [5, 5.41) is 11.8. The first-order valence-corrected chi connectivity index (χ1v) is 9.81. The van der Waals surface area contributed by atoms with E-state index in [0.29, 0.717) is 12.1 Å². The molecule has 0 radical (unpaired) electrons. The van der Waals surface area contributed by atoms with Crippen LogP contribution < -0.4 is 19.5 Å². The highest BCUT2D eigenvalue weighted by Gasteiger charge is 2.20. The SMILES string of the molecule is C=C/C=C(\C=C(/C)Nc1ncc(OCc2c(F)c(OC)cc(OC)c2F)cn1)CCC(=O)O. The van der Waals surface area contributed by atoms with Crippen LogP contribution in [-0.4, -0.2) is 35.3 Å². The smallest absolute Gasteiger partial charge is 0.303 e. The summed E-state index contributed by atoms with van der Waals surface area (Å²) in [4.78, 5) is 19.0. The number of nitrogens with one attached hydrogen (secondary N) is 1. The highest BCUT2D eigenvalue weighted by atomic mass is 19.1. The molecule has 33 heavy (non-hydrogen) atoms. The van der Waals surface area contributed by atoms with Crippen molar-refractivity contribution in [3.8, 4) is 17.2 Å². The number of carbonyl (C=O) groups is 1. The first-order chi connectivity index (χ1) is 15.8. The van der Waals surface area contributed by atoms with E-state index in [4.69, 9.17) is 19.3 Å². The van der Waals surface area contributed by atoms with Crippen molar-refractivity contribution in [3.63, 3.8) is 0 Å². The number of ether oxygens (including phenoxy) is 3. The van der Waals surface area contributed by atoms with E-state index in [1.807, 2.05) is 0 Å². The Kier molecular flexibility index (Phi) is 9.34. The molecular formula is C23H25F2N3O5. The third-order valence-corrected chi connectivity index (χ3v) is 4.35. The van der Waals surface area contributed by atoms with Gasteiger partial charge in [-0.3, -0.25) is 4.79 Å². The number of hydrogen-bond acceptors (Lipinski definition) is 7. The van der Waals surface area contributed by atoms with E-state index < -0.39 is 24.2 Å². The molecule has 1 heterocycles. The third kappa shape index (κ3) is 7.30. The molecule has 0 aliphatic rings. The van der Waals surface area contributed by atoms with Crippen molar-refractivity contribution < 1.29 is 32.9 Å². The van der Waals surface area contributed by atoms with Crippen LogP contribution in [0.25, 0.3) is 0 Å². The Morgan fingerprint density at radius 2 is 1.76 bits per heavy atom. The van der Waals surface area contributed by atoms with Crippen LogP contribution >= 0.6 is 0 Å². The number of allylic oxidation sites excluding steroid dienone is 5. The summed E-state index contributed by atoms with van der Waals surface area (Å²) < 4.78 is 44.1. The zero-order chi connectivity index (χ0) is 24.4. The van der Waals surface area contributed by atoms with Crippen LogP contribution in [0.3, 0.4) is 0 Å². The standard InChI is InChI=1S/C23H25F2N3O5/c1-5-6-15(7-8-20(29)30)9-14(2)28-23-26-11-16(12-27-23)33-13-17-21(24)18(31-3)10-19(32-4)22(17)25/h5-6,9-12H,1,7-8,13H2,2-4H3,(H,29,30)(H,26,27,28)/b14-9+,15-6-. The lowest BCUT2D eigenvalue weighted by Gasteiger charge is -2.13. The van der Waals surface area contributed by atoms with Crippen LogP contribution in [0.2, 0.25) is 0 Å². The maximum atomic E-state index is 14.4. The normalized spacial score (nSPS) is 11.7. The Hall–Kier alpha value is -3.95. The van der Waals surface area contributed by atoms with Gasteiger partial charge in [0.05, 0.1) is 32.2 Å². The molecule has 2 N–H and O–H groups in total. The van der Waals surface area contributed by atoms with Crippen molar-refractivity contribution in [3.05, 3.63) is 71.7 Å². The number of methoxy groups -OCH3 is 2. The molecule has 0 aliphatic heterocycles. The van der Waals surface area contributed by atoms with Crippen LogP contribution in [0, 0.1) is 11.6 Å². The topological polar surface area (TPSA) is 103 Å². The molecule has 0 amide bonds. The Balaban J connectivity index is 2.07. The molecule has 2 rings (SSSR count). The number of nitrogens with zero attached hydrogens (tertiary/aromatic N) is 2. The van der Waals surface area contributed by atoms with E-state index in [1.54, 1.807) is 25.2 Å². The van der Waals surface area contributed by atoms with Gasteiger partial charge in [0.15, 0.2) is 28.9 Å². The second kappa shape index (κ2) is 12.2. The van der Waals surface area contributed by atoms with Crippen molar-refractivity contribution >= 4 is 11.9 Å². The number of carboxylic acids is 1. The molecular weight excluding hydrogens is 436 g/mol. The quantitative estimate of drug-likeness (QED) is 0.441. The van der Waals surface area contributed by atoms with Crippen molar-refractivity contribution in [2.24, 2.45) is 0 Å². The lowest BCUT2D eigenvalue weighted by molar-refractivity contribution is -0.136. The first-order valence-electron chi connectivity index (χ1n) is 9.81. The number of carboxylic acid groups (broad SMARTS) is 1. The van der Waals surface area contributed by atoms with Crippen molar-refractivity contribution in [1.29, 1.82) is 0 Å². The van der Waals surface area contributed by atoms with Gasteiger partial charge < -0.3 is 24.6 Å². The molecule has 0 spiro atoms. The Morgan fingerprint density at radius 1 is 1.15 bits per heavy atom. The van der Waals surface area contributed by atoms with Crippen LogP contribution in [0.15, 0.2) is 54.5 Å². The van der Waals surface area contributed by atoms with Gasteiger partial charge in [-0.2, -0.15) is 0 Å². The average molecular weight is 461 g/mol. The van der Waals surface area contributed by atoms with Gasteiger partial charge in [0.25, 0.3) is 0 Å². The Morgan fingerprint density at radius 3 is 2.27 bits per heavy atom. The van der Waals surface area contributed by atoms with Gasteiger partial charge in [-0.15, -0.1) is 0 Å². The number of aromatic nitrogens is 2. The Labute approximate surface area is 190 Å². The summed E-state index contributed by atoms with van der Waals surface area (Å²) in [5.41, 5.74) is 1.10. The maximum absolute atomic E-state index is 14.4. The van der Waals surface area contributed by atoms with Crippen molar-refractivity contribution in [1.82, 2.24) is 9.97 Å². The van der Waals surface area contributed by atoms with Gasteiger partial charge in [0.2, 0.25) is 5.95 Å². The molecule has 176 valence electrons. The number of halogens is 2. The monoisotopic (exact) mass is 461 g/mol. The van der Waals surface area contributed by atoms with Gasteiger partial charge >= 0.3 is 5.97 Å². The minimum atomic E-state index is -0.893. The van der Waals surface area contributed by atoms with Crippen LogP contribution in [0.4, 0.5) is 14.7 Å². The summed E-state index contributed by atoms with van der Waals surface area (Å²) in [6.45, 7) is 4.97. The van der Waals surface area contributed by atoms with Crippen molar-refractivity contribution in [2.45, 2.75) is 26.4 Å². The van der Waals surface area contributed by atoms with E-state index in [2.05, 4.69) is 21.9 Å². The Bertz CT molecular complexity index is 1020. The summed E-state index contributed by atoms with van der Waals surface area (Å²) in [6.07, 6.45) is 8.09. The highest BCUT2D eigenvalue weighted by molar-refractivity contribution is 5.67. The summed E-state index contributed by atoms with van der Waals surface area (Å²) >= 11 is 0. The molecule has 8 nitrogen and oxygen atoms in total. The zero-order valence-corrected chi connectivity index (χ0v) is 18.5. The largest absolute Gasteiger partial charge is 0.494 e. The molecule has 1 aromatic heterocycles. The second-order valence-electron chi connectivity index (χ2n) is 6.74. The average Bonchev–Trinajstić information content (AvgIpc) is 2.78. The lowest BCUT2D eigenvalue weighted by atomic mass is 10.1. The number of aliphatic carboxylic acids is 1. The molecule has 0 saturated heterocycles. The molecule has 2 aromatic rings. The number of benzene rings is 1. The minimum absolute atomic E-state index is 0.00760. The van der Waals surface area contributed by atoms with E-state index in [0.717, 1.165) is 11.6 Å². The minimum Gasteiger partial charge on any atom is -0.494 e. The van der Waals surface area contributed by atoms with E-state index >= 15 is 0 Å². The molecule has 0 aliphatic carbocycles. The third-order valence-electron chi connectivity index (χ3n) is 4.35. The lowest BCUT2D eigenvalue weighted by Crippen LogP contribution is -2.07. The molecule has 0 saturated carbocycles. The van der Waals surface area contributed by atoms with Crippen molar-refractivity contribution in [2.75, 3.05) is 19.5 Å². The number of rotatable bonds is 12. The zero-order valence-electron chi connectivity index (χ0n) is 18.5. The fourth-order valence-electron chi connectivity index (χ4n) is 2.77. The first kappa shape index (κ1) is 25.3. The van der Waals surface area contributed by atoms with Crippen LogP contribution in [0.5, 0.6) is 17.2 Å². The van der Waals surface area contributed by atoms with E-state index in [1.165, 1.54) is 26.6 Å². The predicted molar refractivity (Wildman–Crippen MR) is 118 cm³/mol. The molecule has 0 fully saturated rings. The van der Waals surface area contributed by atoms with Crippen LogP contribution in [0.1, 0.15) is 25.3 Å². The molecule has 0 bridgehead atoms. The van der Waals surface area contributed by atoms with Gasteiger partial charge in [-0.05, 0) is 25.0 Å². The molecule has 10 heteroatoms. The summed E-state index contributed by atoms with van der Waals surface area (Å²) in [7, 11) is 2.53. The van der Waals surface area contributed by atoms with Gasteiger partial charge in [-0.25, -0.2) is 18.7 Å². The van der Waals surface area contributed by atoms with Gasteiger partial charge in [-0.1, -0.05) is 18.7 Å². The number of anilines is 1. The number of hydrogen-bond donors (Lipinski definition) is 2. The fraction of sp³-hybridized carbons (Fsp3) is 0.261. The second-order valence-corrected chi connectivity index (χ2v) is 6.74. The fourth-order valence-corrected chi connectivity index (χ4v) is 2.77. The van der Waals surface area contributed by atoms with E-state index in [-0.39, 0.29) is 35.2 Å². The maximum Gasteiger partial charge on any atom is 0.303 e. The summed E-state index contributed by atoms with van der Waals surface area (Å²) in [6, 6.07) is 1.12. The molecule has 0 atom stereocenters. The molecule has 0 unspecified atom stereocenters. The highest BCUT2D eigenvalue weighted by Crippen LogP contribution is 2.32.